The third kappa shape index (κ3) is 5.92. The molecule has 1 N–H and O–H groups in total. The van der Waals surface area contributed by atoms with E-state index >= 15 is 0 Å². The summed E-state index contributed by atoms with van der Waals surface area (Å²) >= 11 is 0. The molecule has 0 spiro atoms. The molecule has 0 fully saturated rings. The van der Waals surface area contributed by atoms with Crippen molar-refractivity contribution in [2.45, 2.75) is 20.1 Å². The van der Waals surface area contributed by atoms with Crippen molar-refractivity contribution in [1.29, 1.82) is 0 Å². The van der Waals surface area contributed by atoms with Gasteiger partial charge in [0.25, 0.3) is 0 Å². The lowest BCUT2D eigenvalue weighted by Crippen LogP contribution is -2.10. The molecule has 0 aliphatic rings. The number of aryl methyl sites for hydroxylation is 1. The largest absolute Gasteiger partial charge is 0.489 e. The first-order valence-corrected chi connectivity index (χ1v) is 10.3. The van der Waals surface area contributed by atoms with Crippen LogP contribution in [0.15, 0.2) is 83.8 Å². The van der Waals surface area contributed by atoms with E-state index in [2.05, 4.69) is 4.98 Å². The van der Waals surface area contributed by atoms with Gasteiger partial charge < -0.3 is 23.7 Å². The highest BCUT2D eigenvalue weighted by molar-refractivity contribution is 5.74. The van der Waals surface area contributed by atoms with E-state index in [4.69, 9.17) is 23.7 Å². The van der Waals surface area contributed by atoms with Crippen molar-refractivity contribution in [2.75, 3.05) is 6.61 Å². The van der Waals surface area contributed by atoms with Crippen LogP contribution in [0.25, 0.3) is 11.1 Å². The number of rotatable bonds is 10. The summed E-state index contributed by atoms with van der Waals surface area (Å²) in [4.78, 5) is 15.0. The van der Waals surface area contributed by atoms with Gasteiger partial charge in [0.1, 0.15) is 42.4 Å². The minimum Gasteiger partial charge on any atom is -0.489 e. The Morgan fingerprint density at radius 1 is 0.939 bits per heavy atom. The molecule has 0 radical (unpaired) electrons. The highest BCUT2D eigenvalue weighted by atomic mass is 16.5. The predicted octanol–water partition coefficient (Wildman–Crippen LogP) is 5.27. The first kappa shape index (κ1) is 22.0. The number of aromatic nitrogens is 1. The second-order valence-electron chi connectivity index (χ2n) is 7.36. The molecule has 4 aromatic rings. The van der Waals surface area contributed by atoms with Gasteiger partial charge in [0.2, 0.25) is 0 Å². The van der Waals surface area contributed by atoms with Crippen LogP contribution in [0.1, 0.15) is 16.8 Å². The number of ether oxygens (including phenoxy) is 3. The zero-order valence-corrected chi connectivity index (χ0v) is 18.1. The van der Waals surface area contributed by atoms with Crippen LogP contribution in [-0.4, -0.2) is 22.7 Å². The lowest BCUT2D eigenvalue weighted by molar-refractivity contribution is -0.139. The van der Waals surface area contributed by atoms with Crippen molar-refractivity contribution in [2.24, 2.45) is 0 Å². The van der Waals surface area contributed by atoms with Gasteiger partial charge in [-0.1, -0.05) is 42.5 Å². The molecule has 4 rings (SSSR count). The monoisotopic (exact) mass is 445 g/mol. The first-order chi connectivity index (χ1) is 16.1. The van der Waals surface area contributed by atoms with Gasteiger partial charge in [-0.15, -0.1) is 0 Å². The number of aliphatic carboxylic acids is 1. The summed E-state index contributed by atoms with van der Waals surface area (Å²) in [7, 11) is 0. The van der Waals surface area contributed by atoms with Crippen LogP contribution in [0, 0.1) is 6.92 Å². The van der Waals surface area contributed by atoms with Crippen LogP contribution in [0.3, 0.4) is 0 Å². The van der Waals surface area contributed by atoms with E-state index in [1.807, 2.05) is 67.6 Å². The van der Waals surface area contributed by atoms with Crippen molar-refractivity contribution >= 4 is 5.97 Å². The summed E-state index contributed by atoms with van der Waals surface area (Å²) in [5, 5.41) is 8.95. The Bertz CT molecular complexity index is 1190. The van der Waals surface area contributed by atoms with Crippen LogP contribution in [-0.2, 0) is 18.0 Å². The Morgan fingerprint density at radius 2 is 1.73 bits per heavy atom. The van der Waals surface area contributed by atoms with Gasteiger partial charge in [0, 0.05) is 11.6 Å². The summed E-state index contributed by atoms with van der Waals surface area (Å²) in [5.74, 6) is 0.696. The van der Waals surface area contributed by atoms with Crippen LogP contribution in [0.2, 0.25) is 0 Å². The van der Waals surface area contributed by atoms with Crippen molar-refractivity contribution in [3.8, 4) is 28.4 Å². The Hall–Kier alpha value is -4.26. The fraction of sp³-hybridized carbons (Fsp3) is 0.154. The normalized spacial score (nSPS) is 10.6. The molecule has 0 bridgehead atoms. The zero-order valence-electron chi connectivity index (χ0n) is 18.1. The number of hydrogen-bond acceptors (Lipinski definition) is 6. The molecular formula is C26H23NO6. The molecule has 0 saturated carbocycles. The number of carboxylic acids is 1. The molecule has 3 aromatic carbocycles. The first-order valence-electron chi connectivity index (χ1n) is 10.3. The van der Waals surface area contributed by atoms with Gasteiger partial charge in [-0.2, -0.15) is 0 Å². The van der Waals surface area contributed by atoms with Gasteiger partial charge >= 0.3 is 5.97 Å². The molecule has 1 heterocycles. The molecule has 0 aliphatic heterocycles. The van der Waals surface area contributed by atoms with Crippen LogP contribution in [0.4, 0.5) is 0 Å². The quantitative estimate of drug-likeness (QED) is 0.355. The van der Waals surface area contributed by atoms with E-state index in [-0.39, 0.29) is 6.61 Å². The molecule has 0 aliphatic carbocycles. The lowest BCUT2D eigenvalue weighted by atomic mass is 10.0. The van der Waals surface area contributed by atoms with E-state index < -0.39 is 12.6 Å². The number of hydrogen-bond donors (Lipinski definition) is 1. The molecular weight excluding hydrogens is 422 g/mol. The fourth-order valence-corrected chi connectivity index (χ4v) is 3.24. The number of carboxylic acid groups (broad SMARTS) is 1. The molecule has 0 atom stereocenters. The standard InChI is InChI=1S/C26H23NO6/c1-18-11-23(20-7-9-22(10-8-20)31-13-19-5-3-2-4-6-19)25(12-24(18)33-16-26(28)29)32-15-21-14-30-17-27-21/h2-12,14,17H,13,15-16H2,1H3,(H,28,29). The molecule has 0 saturated heterocycles. The maximum absolute atomic E-state index is 10.9. The van der Waals surface area contributed by atoms with Gasteiger partial charge in [0.15, 0.2) is 13.0 Å². The maximum Gasteiger partial charge on any atom is 0.341 e. The Labute approximate surface area is 191 Å². The zero-order chi connectivity index (χ0) is 23.0. The van der Waals surface area contributed by atoms with Gasteiger partial charge in [0.05, 0.1) is 0 Å². The second-order valence-corrected chi connectivity index (χ2v) is 7.36. The van der Waals surface area contributed by atoms with E-state index in [1.165, 1.54) is 12.7 Å². The highest BCUT2D eigenvalue weighted by Crippen LogP contribution is 2.37. The summed E-state index contributed by atoms with van der Waals surface area (Å²) < 4.78 is 22.3. The van der Waals surface area contributed by atoms with Crippen LogP contribution in [0.5, 0.6) is 17.2 Å². The van der Waals surface area contributed by atoms with E-state index in [1.54, 1.807) is 6.07 Å². The Kier molecular flexibility index (Phi) is 6.90. The molecule has 0 amide bonds. The number of oxazole rings is 1. The molecule has 33 heavy (non-hydrogen) atoms. The minimum atomic E-state index is -1.05. The van der Waals surface area contributed by atoms with Crippen molar-refractivity contribution in [3.05, 3.63) is 96.2 Å². The van der Waals surface area contributed by atoms with Crippen molar-refractivity contribution in [3.63, 3.8) is 0 Å². The topological polar surface area (TPSA) is 91.0 Å². The highest BCUT2D eigenvalue weighted by Gasteiger charge is 2.14. The molecule has 7 heteroatoms. The van der Waals surface area contributed by atoms with E-state index in [0.717, 1.165) is 28.0 Å². The number of nitrogens with zero attached hydrogens (tertiary/aromatic N) is 1. The van der Waals surface area contributed by atoms with E-state index in [0.29, 0.717) is 23.8 Å². The van der Waals surface area contributed by atoms with Crippen LogP contribution < -0.4 is 14.2 Å². The third-order valence-electron chi connectivity index (χ3n) is 4.90. The number of benzene rings is 3. The van der Waals surface area contributed by atoms with Crippen LogP contribution >= 0.6 is 0 Å². The average molecular weight is 445 g/mol. The van der Waals surface area contributed by atoms with E-state index in [9.17, 15) is 4.79 Å². The van der Waals surface area contributed by atoms with Gasteiger partial charge in [-0.3, -0.25) is 0 Å². The second kappa shape index (κ2) is 10.4. The third-order valence-corrected chi connectivity index (χ3v) is 4.90. The Morgan fingerprint density at radius 3 is 2.42 bits per heavy atom. The van der Waals surface area contributed by atoms with Crippen molar-refractivity contribution < 1.29 is 28.5 Å². The summed E-state index contributed by atoms with van der Waals surface area (Å²) in [5.41, 5.74) is 4.29. The van der Waals surface area contributed by atoms with Gasteiger partial charge in [-0.05, 0) is 41.8 Å². The number of carbonyl (C=O) groups is 1. The minimum absolute atomic E-state index is 0.198. The SMILES string of the molecule is Cc1cc(-c2ccc(OCc3ccccc3)cc2)c(OCc2cocn2)cc1OCC(=O)O. The summed E-state index contributed by atoms with van der Waals surface area (Å²) in [6.45, 7) is 2.11. The fourth-order valence-electron chi connectivity index (χ4n) is 3.24. The predicted molar refractivity (Wildman–Crippen MR) is 121 cm³/mol. The smallest absolute Gasteiger partial charge is 0.341 e. The maximum atomic E-state index is 10.9. The lowest BCUT2D eigenvalue weighted by Gasteiger charge is -2.16. The average Bonchev–Trinajstić information content (AvgIpc) is 3.36. The molecule has 7 nitrogen and oxygen atoms in total. The molecule has 0 unspecified atom stereocenters. The van der Waals surface area contributed by atoms with Gasteiger partial charge in [-0.25, -0.2) is 9.78 Å². The summed E-state index contributed by atoms with van der Waals surface area (Å²) in [6, 6.07) is 21.3. The Balaban J connectivity index is 1.56. The molecule has 168 valence electrons. The summed E-state index contributed by atoms with van der Waals surface area (Å²) in [6.07, 6.45) is 2.85. The van der Waals surface area contributed by atoms with Crippen molar-refractivity contribution in [1.82, 2.24) is 4.98 Å². The molecule has 1 aromatic heterocycles.